The van der Waals surface area contributed by atoms with Gasteiger partial charge < -0.3 is 5.32 Å². The number of benzene rings is 2. The van der Waals surface area contributed by atoms with Crippen LogP contribution in [0.25, 0.3) is 0 Å². The molecule has 9 heteroatoms. The average molecular weight is 321 g/mol. The van der Waals surface area contributed by atoms with E-state index in [4.69, 9.17) is 5.14 Å². The van der Waals surface area contributed by atoms with Crippen molar-refractivity contribution in [2.24, 2.45) is 5.14 Å². The third-order valence-electron chi connectivity index (χ3n) is 2.79. The predicted molar refractivity (Wildman–Crippen MR) is 78.9 cm³/mol. The topological polar surface area (TPSA) is 132 Å². The highest BCUT2D eigenvalue weighted by Gasteiger charge is 2.19. The zero-order valence-electron chi connectivity index (χ0n) is 11.1. The lowest BCUT2D eigenvalue weighted by Crippen LogP contribution is -2.15. The Morgan fingerprint density at radius 3 is 2.23 bits per heavy atom. The van der Waals surface area contributed by atoms with E-state index in [-0.39, 0.29) is 21.8 Å². The summed E-state index contributed by atoms with van der Waals surface area (Å²) in [5.74, 6) is -0.671. The number of nitrogens with zero attached hydrogens (tertiary/aromatic N) is 1. The molecule has 0 heterocycles. The second-order valence-corrected chi connectivity index (χ2v) is 5.86. The third kappa shape index (κ3) is 3.45. The largest absolute Gasteiger partial charge is 0.322 e. The monoisotopic (exact) mass is 321 g/mol. The van der Waals surface area contributed by atoms with Crippen LogP contribution in [0, 0.1) is 10.1 Å². The van der Waals surface area contributed by atoms with Crippen LogP contribution >= 0.6 is 0 Å². The Balaban J connectivity index is 2.25. The smallest absolute Gasteiger partial charge is 0.282 e. The zero-order valence-corrected chi connectivity index (χ0v) is 11.9. The third-order valence-corrected chi connectivity index (χ3v) is 3.72. The highest BCUT2D eigenvalue weighted by atomic mass is 32.2. The van der Waals surface area contributed by atoms with Gasteiger partial charge in [0.25, 0.3) is 11.6 Å². The first-order valence-electron chi connectivity index (χ1n) is 5.96. The number of para-hydroxylation sites is 1. The van der Waals surface area contributed by atoms with Gasteiger partial charge >= 0.3 is 0 Å². The fraction of sp³-hybridized carbons (Fsp3) is 0. The summed E-state index contributed by atoms with van der Waals surface area (Å²) in [7, 11) is -3.82. The van der Waals surface area contributed by atoms with Crippen molar-refractivity contribution in [2.45, 2.75) is 4.90 Å². The Labute approximate surface area is 125 Å². The molecule has 0 aromatic heterocycles. The number of primary sulfonamides is 1. The van der Waals surface area contributed by atoms with E-state index in [1.165, 1.54) is 48.5 Å². The molecule has 0 atom stereocenters. The molecule has 8 nitrogen and oxygen atoms in total. The molecule has 0 aliphatic carbocycles. The van der Waals surface area contributed by atoms with E-state index in [1.807, 2.05) is 0 Å². The molecule has 0 saturated heterocycles. The number of hydrogen-bond donors (Lipinski definition) is 2. The number of amides is 1. The Hall–Kier alpha value is -2.78. The van der Waals surface area contributed by atoms with Gasteiger partial charge in [-0.15, -0.1) is 0 Å². The first-order chi connectivity index (χ1) is 10.3. The molecule has 2 aromatic carbocycles. The lowest BCUT2D eigenvalue weighted by molar-refractivity contribution is -0.385. The minimum absolute atomic E-state index is 0.0944. The molecule has 0 fully saturated rings. The van der Waals surface area contributed by atoms with Crippen molar-refractivity contribution in [2.75, 3.05) is 5.32 Å². The van der Waals surface area contributed by atoms with Gasteiger partial charge in [0, 0.05) is 11.8 Å². The van der Waals surface area contributed by atoms with Crippen LogP contribution in [-0.2, 0) is 10.0 Å². The normalized spacial score (nSPS) is 11.0. The molecular formula is C13H11N3O5S. The Morgan fingerprint density at radius 1 is 1.09 bits per heavy atom. The summed E-state index contributed by atoms with van der Waals surface area (Å²) >= 11 is 0. The van der Waals surface area contributed by atoms with Crippen LogP contribution in [0.2, 0.25) is 0 Å². The van der Waals surface area contributed by atoms with Gasteiger partial charge in [0.2, 0.25) is 10.0 Å². The van der Waals surface area contributed by atoms with Gasteiger partial charge in [-0.2, -0.15) is 0 Å². The predicted octanol–water partition coefficient (Wildman–Crippen LogP) is 1.49. The van der Waals surface area contributed by atoms with Crippen molar-refractivity contribution in [1.29, 1.82) is 0 Å². The summed E-state index contributed by atoms with van der Waals surface area (Å²) in [6.45, 7) is 0. The number of carbonyl (C=O) groups is 1. The van der Waals surface area contributed by atoms with Crippen LogP contribution in [-0.4, -0.2) is 19.2 Å². The Kier molecular flexibility index (Phi) is 4.20. The molecule has 2 aromatic rings. The van der Waals surface area contributed by atoms with Crippen LogP contribution in [0.4, 0.5) is 11.4 Å². The lowest BCUT2D eigenvalue weighted by Gasteiger charge is -2.06. The summed E-state index contributed by atoms with van der Waals surface area (Å²) in [6, 6.07) is 10.6. The molecule has 0 unspecified atom stereocenters. The Bertz CT molecular complexity index is 831. The van der Waals surface area contributed by atoms with E-state index in [1.54, 1.807) is 0 Å². The molecule has 114 valence electrons. The van der Waals surface area contributed by atoms with Crippen molar-refractivity contribution in [1.82, 2.24) is 0 Å². The van der Waals surface area contributed by atoms with Crippen molar-refractivity contribution in [3.05, 3.63) is 64.2 Å². The number of nitrogens with one attached hydrogen (secondary N) is 1. The van der Waals surface area contributed by atoms with Crippen LogP contribution < -0.4 is 10.5 Å². The molecule has 1 amide bonds. The minimum Gasteiger partial charge on any atom is -0.322 e. The maximum Gasteiger partial charge on any atom is 0.282 e. The lowest BCUT2D eigenvalue weighted by atomic mass is 10.1. The highest BCUT2D eigenvalue weighted by molar-refractivity contribution is 7.89. The van der Waals surface area contributed by atoms with Crippen molar-refractivity contribution >= 4 is 27.3 Å². The van der Waals surface area contributed by atoms with E-state index in [9.17, 15) is 23.3 Å². The maximum atomic E-state index is 12.1. The number of rotatable bonds is 4. The highest BCUT2D eigenvalue weighted by Crippen LogP contribution is 2.20. The fourth-order valence-corrected chi connectivity index (χ4v) is 2.27. The number of hydrogen-bond acceptors (Lipinski definition) is 5. The summed E-state index contributed by atoms with van der Waals surface area (Å²) in [4.78, 5) is 22.2. The average Bonchev–Trinajstić information content (AvgIpc) is 2.46. The minimum atomic E-state index is -3.82. The van der Waals surface area contributed by atoms with Crippen LogP contribution in [0.1, 0.15) is 10.4 Å². The van der Waals surface area contributed by atoms with E-state index in [2.05, 4.69) is 5.32 Å². The number of carbonyl (C=O) groups excluding carboxylic acids is 1. The van der Waals surface area contributed by atoms with Gasteiger partial charge in [0.05, 0.1) is 9.82 Å². The SMILES string of the molecule is NS(=O)(=O)c1ccc(NC(=O)c2ccccc2[N+](=O)[O-])cc1. The maximum absolute atomic E-state index is 12.1. The number of nitro benzene ring substituents is 1. The van der Waals surface area contributed by atoms with Gasteiger partial charge in [-0.3, -0.25) is 14.9 Å². The molecule has 0 aliphatic heterocycles. The Morgan fingerprint density at radius 2 is 1.68 bits per heavy atom. The van der Waals surface area contributed by atoms with Crippen LogP contribution in [0.15, 0.2) is 53.4 Å². The van der Waals surface area contributed by atoms with Crippen LogP contribution in [0.5, 0.6) is 0 Å². The van der Waals surface area contributed by atoms with Gasteiger partial charge in [-0.25, -0.2) is 13.6 Å². The molecular weight excluding hydrogens is 310 g/mol. The summed E-state index contributed by atoms with van der Waals surface area (Å²) in [6.07, 6.45) is 0. The van der Waals surface area contributed by atoms with Crippen LogP contribution in [0.3, 0.4) is 0 Å². The van der Waals surface area contributed by atoms with E-state index < -0.39 is 20.9 Å². The first kappa shape index (κ1) is 15.6. The van der Waals surface area contributed by atoms with Crippen molar-refractivity contribution in [3.8, 4) is 0 Å². The molecule has 0 spiro atoms. The number of nitro groups is 1. The fourth-order valence-electron chi connectivity index (χ4n) is 1.75. The first-order valence-corrected chi connectivity index (χ1v) is 7.51. The molecule has 3 N–H and O–H groups in total. The number of anilines is 1. The zero-order chi connectivity index (χ0) is 16.3. The molecule has 0 aliphatic rings. The standard InChI is InChI=1S/C13H11N3O5S/c14-22(20,21)10-7-5-9(6-8-10)15-13(17)11-3-1-2-4-12(11)16(18)19/h1-8H,(H,15,17)(H2,14,20,21). The van der Waals surface area contributed by atoms with E-state index >= 15 is 0 Å². The molecule has 0 bridgehead atoms. The van der Waals surface area contributed by atoms with Gasteiger partial charge in [-0.1, -0.05) is 12.1 Å². The molecule has 22 heavy (non-hydrogen) atoms. The van der Waals surface area contributed by atoms with Gasteiger partial charge in [-0.05, 0) is 30.3 Å². The second kappa shape index (κ2) is 5.92. The molecule has 0 radical (unpaired) electrons. The van der Waals surface area contributed by atoms with E-state index in [0.29, 0.717) is 0 Å². The van der Waals surface area contributed by atoms with Crippen molar-refractivity contribution < 1.29 is 18.1 Å². The molecule has 0 saturated carbocycles. The quantitative estimate of drug-likeness (QED) is 0.650. The van der Waals surface area contributed by atoms with Gasteiger partial charge in [0.1, 0.15) is 5.56 Å². The summed E-state index contributed by atoms with van der Waals surface area (Å²) < 4.78 is 22.2. The summed E-state index contributed by atoms with van der Waals surface area (Å²) in [5, 5.41) is 18.3. The van der Waals surface area contributed by atoms with Crippen molar-refractivity contribution in [3.63, 3.8) is 0 Å². The number of nitrogens with two attached hydrogens (primary N) is 1. The van der Waals surface area contributed by atoms with Gasteiger partial charge in [0.15, 0.2) is 0 Å². The number of sulfonamides is 1. The van der Waals surface area contributed by atoms with E-state index in [0.717, 1.165) is 0 Å². The molecule has 2 rings (SSSR count). The second-order valence-electron chi connectivity index (χ2n) is 4.30. The summed E-state index contributed by atoms with van der Waals surface area (Å²) in [5.41, 5.74) is -0.125.